The first-order valence-corrected chi connectivity index (χ1v) is 2.82. The van der Waals surface area contributed by atoms with Crippen molar-refractivity contribution in [2.45, 2.75) is 13.3 Å². The summed E-state index contributed by atoms with van der Waals surface area (Å²) in [5.41, 5.74) is 0. The van der Waals surface area contributed by atoms with Gasteiger partial charge in [0.05, 0.1) is 6.54 Å². The van der Waals surface area contributed by atoms with Crippen molar-refractivity contribution in [1.82, 2.24) is 0 Å². The molecule has 8 heavy (non-hydrogen) atoms. The van der Waals surface area contributed by atoms with E-state index in [1.807, 2.05) is 0 Å². The second kappa shape index (κ2) is 6.34. The molecular weight excluding hydrogens is 100 g/mol. The quantitative estimate of drug-likeness (QED) is 0.488. The molecule has 0 aliphatic rings. The first-order chi connectivity index (χ1) is 3.91. The molecule has 0 amide bonds. The molecule has 0 spiro atoms. The maximum absolute atomic E-state index is 4.02. The second-order valence-electron chi connectivity index (χ2n) is 1.49. The smallest absolute Gasteiger partial charge is 0.0730 e. The van der Waals surface area contributed by atoms with Crippen LogP contribution >= 0.6 is 0 Å². The van der Waals surface area contributed by atoms with Gasteiger partial charge in [-0.15, -0.1) is 0 Å². The highest BCUT2D eigenvalue weighted by Crippen LogP contribution is 1.74. The fourth-order valence-corrected chi connectivity index (χ4v) is 0.336. The summed E-state index contributed by atoms with van der Waals surface area (Å²) in [4.78, 5) is 7.63. The summed E-state index contributed by atoms with van der Waals surface area (Å²) in [5, 5.41) is 0. The van der Waals surface area contributed by atoms with Crippen molar-refractivity contribution in [3.63, 3.8) is 0 Å². The Labute approximate surface area is 50.4 Å². The lowest BCUT2D eigenvalue weighted by Crippen LogP contribution is -1.81. The summed E-state index contributed by atoms with van der Waals surface area (Å²) in [6, 6.07) is 0. The van der Waals surface area contributed by atoms with Crippen molar-refractivity contribution in [2.24, 2.45) is 9.98 Å². The Morgan fingerprint density at radius 1 is 1.62 bits per heavy atom. The van der Waals surface area contributed by atoms with E-state index in [1.54, 1.807) is 6.21 Å². The Bertz CT molecular complexity index is 76.6. The van der Waals surface area contributed by atoms with E-state index in [9.17, 15) is 0 Å². The van der Waals surface area contributed by atoms with Crippen LogP contribution in [0.15, 0.2) is 9.98 Å². The van der Waals surface area contributed by atoms with E-state index in [2.05, 4.69) is 23.6 Å². The molecule has 0 saturated carbocycles. The Morgan fingerprint density at radius 2 is 2.38 bits per heavy atom. The van der Waals surface area contributed by atoms with Crippen molar-refractivity contribution in [1.29, 1.82) is 0 Å². The summed E-state index contributed by atoms with van der Waals surface area (Å²) < 4.78 is 0. The zero-order valence-corrected chi connectivity index (χ0v) is 5.30. The molecule has 0 heterocycles. The van der Waals surface area contributed by atoms with E-state index in [0.29, 0.717) is 6.54 Å². The molecule has 0 saturated heterocycles. The topological polar surface area (TPSA) is 24.7 Å². The Balaban J connectivity index is 2.94. The monoisotopic (exact) mass is 112 g/mol. The summed E-state index contributed by atoms with van der Waals surface area (Å²) >= 11 is 0. The van der Waals surface area contributed by atoms with Crippen molar-refractivity contribution in [2.75, 3.05) is 13.1 Å². The molecule has 2 heteroatoms. The lowest BCUT2D eigenvalue weighted by molar-refractivity contribution is 0.934. The van der Waals surface area contributed by atoms with E-state index in [4.69, 9.17) is 0 Å². The minimum atomic E-state index is 0.653. The molecule has 0 aliphatic heterocycles. The third-order valence-corrected chi connectivity index (χ3v) is 0.693. The van der Waals surface area contributed by atoms with Crippen LogP contribution in [-0.4, -0.2) is 26.0 Å². The molecule has 0 aliphatic carbocycles. The van der Waals surface area contributed by atoms with Gasteiger partial charge in [0.2, 0.25) is 0 Å². The number of aliphatic imine (C=N–C) groups is 2. The SMILES string of the molecule is C=NC/C=N\CCC. The van der Waals surface area contributed by atoms with E-state index in [1.165, 1.54) is 0 Å². The average Bonchev–Trinajstić information content (AvgIpc) is 1.81. The molecule has 46 valence electrons. The highest BCUT2D eigenvalue weighted by molar-refractivity contribution is 5.60. The van der Waals surface area contributed by atoms with Gasteiger partial charge in [0.15, 0.2) is 0 Å². The lowest BCUT2D eigenvalue weighted by atomic mass is 10.5. The van der Waals surface area contributed by atoms with Crippen LogP contribution in [0.25, 0.3) is 0 Å². The molecule has 0 rings (SSSR count). The van der Waals surface area contributed by atoms with E-state index in [-0.39, 0.29) is 0 Å². The van der Waals surface area contributed by atoms with E-state index >= 15 is 0 Å². The molecule has 0 N–H and O–H groups in total. The summed E-state index contributed by atoms with van der Waals surface area (Å²) in [7, 11) is 0. The molecule has 0 unspecified atom stereocenters. The zero-order chi connectivity index (χ0) is 6.24. The second-order valence-corrected chi connectivity index (χ2v) is 1.49. The Morgan fingerprint density at radius 3 is 2.88 bits per heavy atom. The molecule has 0 bridgehead atoms. The van der Waals surface area contributed by atoms with Crippen molar-refractivity contribution in [3.8, 4) is 0 Å². The minimum absolute atomic E-state index is 0.653. The van der Waals surface area contributed by atoms with Crippen LogP contribution in [0.1, 0.15) is 13.3 Å². The van der Waals surface area contributed by atoms with Gasteiger partial charge in [-0.25, -0.2) is 0 Å². The van der Waals surface area contributed by atoms with Crippen molar-refractivity contribution >= 4 is 12.9 Å². The third-order valence-electron chi connectivity index (χ3n) is 0.693. The molecule has 2 nitrogen and oxygen atoms in total. The maximum Gasteiger partial charge on any atom is 0.0730 e. The third kappa shape index (κ3) is 5.34. The summed E-state index contributed by atoms with van der Waals surface area (Å²) in [6.45, 7) is 6.98. The molecule has 0 aromatic carbocycles. The van der Waals surface area contributed by atoms with Gasteiger partial charge >= 0.3 is 0 Å². The first kappa shape index (κ1) is 7.34. The van der Waals surface area contributed by atoms with Gasteiger partial charge in [-0.2, -0.15) is 0 Å². The summed E-state index contributed by atoms with van der Waals surface area (Å²) in [5.74, 6) is 0. The van der Waals surface area contributed by atoms with Crippen LogP contribution in [0.4, 0.5) is 0 Å². The van der Waals surface area contributed by atoms with Crippen LogP contribution in [0.3, 0.4) is 0 Å². The largest absolute Gasteiger partial charge is 0.296 e. The van der Waals surface area contributed by atoms with Crippen LogP contribution < -0.4 is 0 Å². The van der Waals surface area contributed by atoms with Crippen LogP contribution in [0.2, 0.25) is 0 Å². The van der Waals surface area contributed by atoms with Crippen LogP contribution in [0.5, 0.6) is 0 Å². The van der Waals surface area contributed by atoms with E-state index < -0.39 is 0 Å². The summed E-state index contributed by atoms with van der Waals surface area (Å²) in [6.07, 6.45) is 2.89. The standard InChI is InChI=1S/C6H12N2/c1-3-4-8-6-5-7-2/h6H,2-5H2,1H3/b8-6-. The van der Waals surface area contributed by atoms with Gasteiger partial charge < -0.3 is 0 Å². The molecule has 0 atom stereocenters. The van der Waals surface area contributed by atoms with Gasteiger partial charge in [-0.1, -0.05) is 6.92 Å². The van der Waals surface area contributed by atoms with Gasteiger partial charge in [0.25, 0.3) is 0 Å². The number of hydrogen-bond acceptors (Lipinski definition) is 2. The zero-order valence-electron chi connectivity index (χ0n) is 5.30. The molecule has 0 radical (unpaired) electrons. The fraction of sp³-hybridized carbons (Fsp3) is 0.667. The maximum atomic E-state index is 4.02. The van der Waals surface area contributed by atoms with Gasteiger partial charge in [-0.05, 0) is 13.1 Å². The fourth-order valence-electron chi connectivity index (χ4n) is 0.336. The Hall–Kier alpha value is -0.660. The number of rotatable bonds is 4. The predicted molar refractivity (Wildman–Crippen MR) is 38.1 cm³/mol. The predicted octanol–water partition coefficient (Wildman–Crippen LogP) is 1.17. The van der Waals surface area contributed by atoms with Gasteiger partial charge in [0, 0.05) is 12.8 Å². The Kier molecular flexibility index (Phi) is 5.82. The highest BCUT2D eigenvalue weighted by Gasteiger charge is 1.69. The van der Waals surface area contributed by atoms with Crippen LogP contribution in [0, 0.1) is 0 Å². The highest BCUT2D eigenvalue weighted by atomic mass is 14.7. The molecular formula is C6H12N2. The van der Waals surface area contributed by atoms with Crippen molar-refractivity contribution in [3.05, 3.63) is 0 Å². The van der Waals surface area contributed by atoms with Crippen LogP contribution in [-0.2, 0) is 0 Å². The lowest BCUT2D eigenvalue weighted by Gasteiger charge is -1.82. The van der Waals surface area contributed by atoms with Crippen molar-refractivity contribution < 1.29 is 0 Å². The first-order valence-electron chi connectivity index (χ1n) is 2.82. The van der Waals surface area contributed by atoms with Gasteiger partial charge in [0.1, 0.15) is 0 Å². The molecule has 0 aromatic heterocycles. The van der Waals surface area contributed by atoms with E-state index in [0.717, 1.165) is 13.0 Å². The molecule has 0 aromatic rings. The minimum Gasteiger partial charge on any atom is -0.296 e. The normalized spacial score (nSPS) is 10.1. The average molecular weight is 112 g/mol. The number of hydrogen-bond donors (Lipinski definition) is 0. The van der Waals surface area contributed by atoms with Gasteiger partial charge in [-0.3, -0.25) is 9.98 Å². The number of nitrogens with zero attached hydrogens (tertiary/aromatic N) is 2. The molecule has 0 fully saturated rings.